The summed E-state index contributed by atoms with van der Waals surface area (Å²) in [7, 11) is 0. The van der Waals surface area contributed by atoms with Crippen molar-refractivity contribution in [1.29, 1.82) is 0 Å². The summed E-state index contributed by atoms with van der Waals surface area (Å²) in [5.74, 6) is 7.81. The summed E-state index contributed by atoms with van der Waals surface area (Å²) in [6, 6.07) is 1.89. The van der Waals surface area contributed by atoms with Gasteiger partial charge in [-0.3, -0.25) is 5.01 Å². The van der Waals surface area contributed by atoms with Crippen molar-refractivity contribution in [2.45, 2.75) is 47.3 Å². The van der Waals surface area contributed by atoms with Crippen molar-refractivity contribution in [3.8, 4) is 0 Å². The lowest BCUT2D eigenvalue weighted by Crippen LogP contribution is -2.45. The maximum absolute atomic E-state index is 6.33. The van der Waals surface area contributed by atoms with Crippen molar-refractivity contribution in [1.82, 2.24) is 19.7 Å². The van der Waals surface area contributed by atoms with Crippen molar-refractivity contribution < 1.29 is 0 Å². The van der Waals surface area contributed by atoms with Crippen LogP contribution < -0.4 is 5.84 Å². The Bertz CT molecular complexity index is 541. The van der Waals surface area contributed by atoms with Crippen LogP contribution >= 0.6 is 0 Å². The van der Waals surface area contributed by atoms with Crippen LogP contribution in [0.15, 0.2) is 34.7 Å². The summed E-state index contributed by atoms with van der Waals surface area (Å²) in [4.78, 5) is 7.23. The molecule has 0 spiro atoms. The first-order valence-corrected chi connectivity index (χ1v) is 8.11. The molecule has 2 atom stereocenters. The van der Waals surface area contributed by atoms with Crippen molar-refractivity contribution in [2.75, 3.05) is 13.1 Å². The highest BCUT2D eigenvalue weighted by Gasteiger charge is 2.31. The van der Waals surface area contributed by atoms with E-state index in [4.69, 9.17) is 10.8 Å². The summed E-state index contributed by atoms with van der Waals surface area (Å²) in [6.45, 7) is 12.7. The predicted octanol–water partition coefficient (Wildman–Crippen LogP) is 2.59. The molecule has 2 unspecified atom stereocenters. The Morgan fingerprint density at radius 1 is 1.32 bits per heavy atom. The maximum atomic E-state index is 6.33. The minimum atomic E-state index is -0.321. The SMILES string of the molecule is CCC(C)C1=C(C)N(N)C(n2cccn2)N=C1N(CC)CC. The van der Waals surface area contributed by atoms with E-state index in [0.29, 0.717) is 5.92 Å². The van der Waals surface area contributed by atoms with Crippen LogP contribution in [0.2, 0.25) is 0 Å². The van der Waals surface area contributed by atoms with Gasteiger partial charge in [-0.1, -0.05) is 13.8 Å². The highest BCUT2D eigenvalue weighted by Crippen LogP contribution is 2.31. The predicted molar refractivity (Wildman–Crippen MR) is 89.8 cm³/mol. The van der Waals surface area contributed by atoms with Gasteiger partial charge in [0.25, 0.3) is 0 Å². The Hall–Kier alpha value is -1.82. The van der Waals surface area contributed by atoms with E-state index in [1.807, 2.05) is 12.3 Å². The average Bonchev–Trinajstić information content (AvgIpc) is 3.05. The fourth-order valence-corrected chi connectivity index (χ4v) is 2.88. The zero-order valence-corrected chi connectivity index (χ0v) is 14.3. The number of hydrazine groups is 1. The van der Waals surface area contributed by atoms with E-state index < -0.39 is 0 Å². The number of allylic oxidation sites excluding steroid dienone is 1. The van der Waals surface area contributed by atoms with Gasteiger partial charge >= 0.3 is 0 Å². The van der Waals surface area contributed by atoms with E-state index >= 15 is 0 Å². The van der Waals surface area contributed by atoms with E-state index in [0.717, 1.165) is 31.0 Å². The minimum Gasteiger partial charge on any atom is -0.357 e. The number of aliphatic imine (C=N–C) groups is 1. The van der Waals surface area contributed by atoms with E-state index in [-0.39, 0.29) is 6.29 Å². The Morgan fingerprint density at radius 2 is 2.00 bits per heavy atom. The topological polar surface area (TPSA) is 62.7 Å². The molecule has 0 aromatic carbocycles. The molecule has 22 heavy (non-hydrogen) atoms. The number of hydrogen-bond donors (Lipinski definition) is 1. The van der Waals surface area contributed by atoms with Gasteiger partial charge < -0.3 is 4.90 Å². The molecule has 2 heterocycles. The molecular formula is C16H28N6. The Morgan fingerprint density at radius 3 is 2.50 bits per heavy atom. The molecule has 1 aliphatic rings. The first-order chi connectivity index (χ1) is 10.5. The molecule has 6 heteroatoms. The lowest BCUT2D eigenvalue weighted by molar-refractivity contribution is 0.171. The molecule has 6 nitrogen and oxygen atoms in total. The zero-order chi connectivity index (χ0) is 16.3. The van der Waals surface area contributed by atoms with Crippen molar-refractivity contribution in [3.63, 3.8) is 0 Å². The van der Waals surface area contributed by atoms with Crippen LogP contribution in [0.25, 0.3) is 0 Å². The number of nitrogens with zero attached hydrogens (tertiary/aromatic N) is 5. The molecule has 0 fully saturated rings. The van der Waals surface area contributed by atoms with Crippen LogP contribution in [0.4, 0.5) is 0 Å². The molecule has 1 aromatic heterocycles. The summed E-state index contributed by atoms with van der Waals surface area (Å²) in [5, 5.41) is 6.03. The van der Waals surface area contributed by atoms with Crippen molar-refractivity contribution in [2.24, 2.45) is 16.8 Å². The molecular weight excluding hydrogens is 276 g/mol. The van der Waals surface area contributed by atoms with E-state index in [9.17, 15) is 0 Å². The third kappa shape index (κ3) is 2.88. The smallest absolute Gasteiger partial charge is 0.232 e. The van der Waals surface area contributed by atoms with Gasteiger partial charge in [-0.25, -0.2) is 15.5 Å². The summed E-state index contributed by atoms with van der Waals surface area (Å²) < 4.78 is 1.79. The molecule has 0 bridgehead atoms. The molecule has 1 aliphatic heterocycles. The van der Waals surface area contributed by atoms with Crippen LogP contribution in [0.1, 0.15) is 47.3 Å². The second-order valence-corrected chi connectivity index (χ2v) is 5.67. The standard InChI is InChI=1S/C16H28N6/c1-6-12(4)14-13(5)22(17)16(21-11-9-10-18-21)19-15(14)20(7-2)8-3/h9-12,16H,6-8,17H2,1-5H3. The Kier molecular flexibility index (Phi) is 5.24. The number of hydrogen-bond acceptors (Lipinski definition) is 5. The van der Waals surface area contributed by atoms with Gasteiger partial charge in [-0.05, 0) is 39.2 Å². The maximum Gasteiger partial charge on any atom is 0.232 e. The number of nitrogens with two attached hydrogens (primary N) is 1. The fraction of sp³-hybridized carbons (Fsp3) is 0.625. The largest absolute Gasteiger partial charge is 0.357 e. The lowest BCUT2D eigenvalue weighted by Gasteiger charge is -2.38. The lowest BCUT2D eigenvalue weighted by atomic mass is 9.93. The fourth-order valence-electron chi connectivity index (χ4n) is 2.88. The van der Waals surface area contributed by atoms with Crippen LogP contribution in [-0.2, 0) is 0 Å². The van der Waals surface area contributed by atoms with Crippen LogP contribution in [-0.4, -0.2) is 38.6 Å². The Labute approximate surface area is 133 Å². The first-order valence-electron chi connectivity index (χ1n) is 8.11. The van der Waals surface area contributed by atoms with E-state index in [2.05, 4.69) is 44.6 Å². The Balaban J connectivity index is 2.51. The normalized spacial score (nSPS) is 20.2. The molecule has 0 saturated heterocycles. The van der Waals surface area contributed by atoms with Crippen LogP contribution in [0, 0.1) is 5.92 Å². The van der Waals surface area contributed by atoms with Crippen LogP contribution in [0.3, 0.4) is 0 Å². The molecule has 2 N–H and O–H groups in total. The van der Waals surface area contributed by atoms with Crippen molar-refractivity contribution >= 4 is 5.84 Å². The molecule has 0 saturated carbocycles. The van der Waals surface area contributed by atoms with Crippen molar-refractivity contribution in [3.05, 3.63) is 29.7 Å². The third-order valence-corrected chi connectivity index (χ3v) is 4.43. The second-order valence-electron chi connectivity index (χ2n) is 5.67. The average molecular weight is 304 g/mol. The van der Waals surface area contributed by atoms with E-state index in [1.165, 1.54) is 5.57 Å². The molecule has 0 amide bonds. The summed E-state index contributed by atoms with van der Waals surface area (Å²) in [5.41, 5.74) is 2.32. The number of amidine groups is 1. The van der Waals surface area contributed by atoms with Crippen LogP contribution in [0.5, 0.6) is 0 Å². The monoisotopic (exact) mass is 304 g/mol. The quantitative estimate of drug-likeness (QED) is 0.849. The summed E-state index contributed by atoms with van der Waals surface area (Å²) >= 11 is 0. The molecule has 122 valence electrons. The third-order valence-electron chi connectivity index (χ3n) is 4.43. The minimum absolute atomic E-state index is 0.321. The first kappa shape index (κ1) is 16.5. The summed E-state index contributed by atoms with van der Waals surface area (Å²) in [6.07, 6.45) is 4.39. The number of likely N-dealkylation sites (N-methyl/N-ethyl adjacent to an activating group) is 1. The van der Waals surface area contributed by atoms with Gasteiger partial charge in [0.1, 0.15) is 5.84 Å². The van der Waals surface area contributed by atoms with Gasteiger partial charge in [0.05, 0.1) is 0 Å². The molecule has 1 aromatic rings. The highest BCUT2D eigenvalue weighted by molar-refractivity contribution is 5.99. The van der Waals surface area contributed by atoms with Gasteiger partial charge in [0.15, 0.2) is 0 Å². The molecule has 0 aliphatic carbocycles. The highest BCUT2D eigenvalue weighted by atomic mass is 15.6. The number of rotatable bonds is 5. The van der Waals surface area contributed by atoms with Gasteiger partial charge in [-0.2, -0.15) is 5.10 Å². The second kappa shape index (κ2) is 6.96. The van der Waals surface area contributed by atoms with E-state index in [1.54, 1.807) is 15.9 Å². The van der Waals surface area contributed by atoms with Gasteiger partial charge in [0, 0.05) is 36.8 Å². The molecule has 0 radical (unpaired) electrons. The van der Waals surface area contributed by atoms with Gasteiger partial charge in [0.2, 0.25) is 6.29 Å². The number of aromatic nitrogens is 2. The molecule has 2 rings (SSSR count). The van der Waals surface area contributed by atoms with Gasteiger partial charge in [-0.15, -0.1) is 0 Å². The zero-order valence-electron chi connectivity index (χ0n) is 14.3.